The quantitative estimate of drug-likeness (QED) is 0.869. The zero-order chi connectivity index (χ0) is 12.4. The van der Waals surface area contributed by atoms with Crippen molar-refractivity contribution in [2.24, 2.45) is 0 Å². The predicted molar refractivity (Wildman–Crippen MR) is 61.7 cm³/mol. The number of nitrogens with one attached hydrogen (secondary N) is 1. The van der Waals surface area contributed by atoms with Crippen LogP contribution in [0.3, 0.4) is 0 Å². The normalized spacial score (nSPS) is 10.4. The molecule has 0 saturated carbocycles. The molecule has 0 bridgehead atoms. The molecule has 0 fully saturated rings. The SMILES string of the molecule is CNc1ncc(C)c(-c2c(F)cccc2F)n1. The van der Waals surface area contributed by atoms with E-state index in [1.54, 1.807) is 14.0 Å². The van der Waals surface area contributed by atoms with Crippen molar-refractivity contribution in [1.29, 1.82) is 0 Å². The molecule has 88 valence electrons. The molecular weight excluding hydrogens is 224 g/mol. The Hall–Kier alpha value is -2.04. The van der Waals surface area contributed by atoms with Crippen molar-refractivity contribution < 1.29 is 8.78 Å². The van der Waals surface area contributed by atoms with Gasteiger partial charge in [-0.25, -0.2) is 18.7 Å². The van der Waals surface area contributed by atoms with E-state index >= 15 is 0 Å². The molecule has 0 amide bonds. The average molecular weight is 235 g/mol. The van der Waals surface area contributed by atoms with E-state index in [4.69, 9.17) is 0 Å². The van der Waals surface area contributed by atoms with Gasteiger partial charge in [0.2, 0.25) is 5.95 Å². The Labute approximate surface area is 97.5 Å². The predicted octanol–water partition coefficient (Wildman–Crippen LogP) is 2.77. The number of aromatic nitrogens is 2. The van der Waals surface area contributed by atoms with Gasteiger partial charge < -0.3 is 5.32 Å². The van der Waals surface area contributed by atoms with Gasteiger partial charge in [-0.3, -0.25) is 0 Å². The fraction of sp³-hybridized carbons (Fsp3) is 0.167. The van der Waals surface area contributed by atoms with Gasteiger partial charge in [0.25, 0.3) is 0 Å². The van der Waals surface area contributed by atoms with E-state index in [-0.39, 0.29) is 11.3 Å². The Morgan fingerprint density at radius 1 is 1.18 bits per heavy atom. The maximum absolute atomic E-state index is 13.6. The third kappa shape index (κ3) is 2.08. The fourth-order valence-corrected chi connectivity index (χ4v) is 1.54. The number of nitrogens with zero attached hydrogens (tertiary/aromatic N) is 2. The Morgan fingerprint density at radius 3 is 2.41 bits per heavy atom. The second-order valence-corrected chi connectivity index (χ2v) is 3.57. The summed E-state index contributed by atoms with van der Waals surface area (Å²) < 4.78 is 27.3. The number of anilines is 1. The first kappa shape index (κ1) is 11.4. The molecule has 0 radical (unpaired) electrons. The Morgan fingerprint density at radius 2 is 1.82 bits per heavy atom. The molecule has 0 saturated heterocycles. The lowest BCUT2D eigenvalue weighted by molar-refractivity contribution is 0.588. The van der Waals surface area contributed by atoms with Crippen LogP contribution in [0.2, 0.25) is 0 Å². The van der Waals surface area contributed by atoms with Crippen molar-refractivity contribution >= 4 is 5.95 Å². The summed E-state index contributed by atoms with van der Waals surface area (Å²) in [7, 11) is 1.64. The highest BCUT2D eigenvalue weighted by Crippen LogP contribution is 2.27. The molecule has 0 unspecified atom stereocenters. The highest BCUT2D eigenvalue weighted by molar-refractivity contribution is 5.65. The molecule has 0 aliphatic carbocycles. The summed E-state index contributed by atoms with van der Waals surface area (Å²) in [6.45, 7) is 1.71. The molecule has 2 aromatic rings. The fourth-order valence-electron chi connectivity index (χ4n) is 1.54. The lowest BCUT2D eigenvalue weighted by Crippen LogP contribution is -2.01. The van der Waals surface area contributed by atoms with Crippen LogP contribution in [0.1, 0.15) is 5.56 Å². The number of benzene rings is 1. The van der Waals surface area contributed by atoms with Crippen molar-refractivity contribution in [2.45, 2.75) is 6.92 Å². The van der Waals surface area contributed by atoms with Crippen LogP contribution in [-0.2, 0) is 0 Å². The number of hydrogen-bond donors (Lipinski definition) is 1. The van der Waals surface area contributed by atoms with Gasteiger partial charge in [0.1, 0.15) is 11.6 Å². The van der Waals surface area contributed by atoms with Gasteiger partial charge in [0.05, 0.1) is 11.3 Å². The van der Waals surface area contributed by atoms with Crippen LogP contribution in [0.15, 0.2) is 24.4 Å². The largest absolute Gasteiger partial charge is 0.357 e. The summed E-state index contributed by atoms with van der Waals surface area (Å²) in [5.41, 5.74) is 0.761. The van der Waals surface area contributed by atoms with Gasteiger partial charge >= 0.3 is 0 Å². The number of aryl methyl sites for hydroxylation is 1. The second-order valence-electron chi connectivity index (χ2n) is 3.57. The summed E-state index contributed by atoms with van der Waals surface area (Å²) >= 11 is 0. The van der Waals surface area contributed by atoms with Gasteiger partial charge in [0, 0.05) is 13.2 Å². The molecular formula is C12H11F2N3. The Bertz CT molecular complexity index is 535. The van der Waals surface area contributed by atoms with Gasteiger partial charge in [-0.2, -0.15) is 0 Å². The summed E-state index contributed by atoms with van der Waals surface area (Å²) in [5.74, 6) is -0.934. The lowest BCUT2D eigenvalue weighted by atomic mass is 10.1. The molecule has 0 spiro atoms. The van der Waals surface area contributed by atoms with E-state index in [1.807, 2.05) is 0 Å². The van der Waals surface area contributed by atoms with Gasteiger partial charge in [-0.05, 0) is 24.6 Å². The van der Waals surface area contributed by atoms with E-state index < -0.39 is 11.6 Å². The van der Waals surface area contributed by atoms with Crippen LogP contribution in [0.5, 0.6) is 0 Å². The van der Waals surface area contributed by atoms with Crippen LogP contribution >= 0.6 is 0 Å². The molecule has 0 aliphatic heterocycles. The molecule has 1 aromatic carbocycles. The van der Waals surface area contributed by atoms with Crippen LogP contribution in [0.25, 0.3) is 11.3 Å². The van der Waals surface area contributed by atoms with E-state index in [1.165, 1.54) is 24.4 Å². The summed E-state index contributed by atoms with van der Waals surface area (Å²) in [6, 6.07) is 3.74. The van der Waals surface area contributed by atoms with Gasteiger partial charge in [-0.1, -0.05) is 6.07 Å². The van der Waals surface area contributed by atoms with Crippen molar-refractivity contribution in [3.8, 4) is 11.3 Å². The van der Waals surface area contributed by atoms with Crippen LogP contribution in [-0.4, -0.2) is 17.0 Å². The van der Waals surface area contributed by atoms with E-state index in [2.05, 4.69) is 15.3 Å². The van der Waals surface area contributed by atoms with Gasteiger partial charge in [-0.15, -0.1) is 0 Å². The lowest BCUT2D eigenvalue weighted by Gasteiger charge is -2.08. The first-order chi connectivity index (χ1) is 8.13. The van der Waals surface area contributed by atoms with Crippen molar-refractivity contribution in [1.82, 2.24) is 9.97 Å². The summed E-state index contributed by atoms with van der Waals surface area (Å²) in [4.78, 5) is 8.06. The maximum Gasteiger partial charge on any atom is 0.222 e. The molecule has 5 heteroatoms. The molecule has 0 atom stereocenters. The van der Waals surface area contributed by atoms with E-state index in [0.717, 1.165) is 0 Å². The average Bonchev–Trinajstić information content (AvgIpc) is 2.31. The number of halogens is 2. The minimum absolute atomic E-state index is 0.121. The smallest absolute Gasteiger partial charge is 0.222 e. The highest BCUT2D eigenvalue weighted by atomic mass is 19.1. The number of rotatable bonds is 2. The third-order valence-corrected chi connectivity index (χ3v) is 2.39. The first-order valence-corrected chi connectivity index (χ1v) is 5.09. The van der Waals surface area contributed by atoms with E-state index in [9.17, 15) is 8.78 Å². The number of hydrogen-bond acceptors (Lipinski definition) is 3. The first-order valence-electron chi connectivity index (χ1n) is 5.09. The molecule has 3 nitrogen and oxygen atoms in total. The molecule has 17 heavy (non-hydrogen) atoms. The van der Waals surface area contributed by atoms with Gasteiger partial charge in [0.15, 0.2) is 0 Å². The second kappa shape index (κ2) is 4.45. The zero-order valence-corrected chi connectivity index (χ0v) is 9.46. The molecule has 1 aromatic heterocycles. The molecule has 2 rings (SSSR count). The maximum atomic E-state index is 13.6. The summed E-state index contributed by atoms with van der Waals surface area (Å²) in [6.07, 6.45) is 1.53. The zero-order valence-electron chi connectivity index (χ0n) is 9.46. The van der Waals surface area contributed by atoms with Crippen molar-refractivity contribution in [3.05, 3.63) is 41.6 Å². The van der Waals surface area contributed by atoms with Crippen molar-refractivity contribution in [3.63, 3.8) is 0 Å². The Kier molecular flexibility index (Phi) is 2.99. The molecule has 0 aliphatic rings. The topological polar surface area (TPSA) is 37.8 Å². The van der Waals surface area contributed by atoms with E-state index in [0.29, 0.717) is 11.5 Å². The monoisotopic (exact) mass is 235 g/mol. The summed E-state index contributed by atoms with van der Waals surface area (Å²) in [5, 5.41) is 2.74. The minimum atomic E-state index is -0.631. The van der Waals surface area contributed by atoms with Crippen LogP contribution < -0.4 is 5.32 Å². The molecule has 1 N–H and O–H groups in total. The minimum Gasteiger partial charge on any atom is -0.357 e. The van der Waals surface area contributed by atoms with Crippen LogP contribution in [0, 0.1) is 18.6 Å². The highest BCUT2D eigenvalue weighted by Gasteiger charge is 2.15. The van der Waals surface area contributed by atoms with Crippen LogP contribution in [0.4, 0.5) is 14.7 Å². The third-order valence-electron chi connectivity index (χ3n) is 2.39. The van der Waals surface area contributed by atoms with Crippen molar-refractivity contribution in [2.75, 3.05) is 12.4 Å². The Balaban J connectivity index is 2.67. The molecule has 1 heterocycles. The standard InChI is InChI=1S/C12H11F2N3/c1-7-6-16-12(15-2)17-11(7)10-8(13)4-3-5-9(10)14/h3-6H,1-2H3,(H,15,16,17).